The van der Waals surface area contributed by atoms with Crippen LogP contribution in [-0.2, 0) is 19.1 Å². The first-order valence-corrected chi connectivity index (χ1v) is 8.31. The van der Waals surface area contributed by atoms with Crippen LogP contribution in [0.1, 0.15) is 27.6 Å². The van der Waals surface area contributed by atoms with Gasteiger partial charge in [0.05, 0.1) is 36.2 Å². The molecule has 0 unspecified atom stereocenters. The van der Waals surface area contributed by atoms with Gasteiger partial charge in [-0.1, -0.05) is 12.2 Å². The third kappa shape index (κ3) is 2.41. The van der Waals surface area contributed by atoms with Crippen LogP contribution < -0.4 is 5.43 Å². The van der Waals surface area contributed by atoms with Crippen molar-refractivity contribution in [3.8, 4) is 0 Å². The highest BCUT2D eigenvalue weighted by Gasteiger charge is 2.61. The lowest BCUT2D eigenvalue weighted by Gasteiger charge is -2.18. The van der Waals surface area contributed by atoms with Gasteiger partial charge < -0.3 is 9.47 Å². The van der Waals surface area contributed by atoms with Crippen molar-refractivity contribution in [1.29, 1.82) is 0 Å². The summed E-state index contributed by atoms with van der Waals surface area (Å²) in [6.45, 7) is 1.95. The zero-order chi connectivity index (χ0) is 18.4. The van der Waals surface area contributed by atoms with Gasteiger partial charge in [0.15, 0.2) is 0 Å². The Bertz CT molecular complexity index is 801. The summed E-state index contributed by atoms with van der Waals surface area (Å²) in [7, 11) is 0. The van der Waals surface area contributed by atoms with E-state index in [-0.39, 0.29) is 12.2 Å². The fraction of sp³-hybridized carbons (Fsp3) is 0.333. The van der Waals surface area contributed by atoms with E-state index in [4.69, 9.17) is 9.47 Å². The second kappa shape index (κ2) is 6.06. The average Bonchev–Trinajstić information content (AvgIpc) is 3.32. The van der Waals surface area contributed by atoms with Gasteiger partial charge in [0.2, 0.25) is 0 Å². The van der Waals surface area contributed by atoms with Gasteiger partial charge in [0.25, 0.3) is 17.7 Å². The molecule has 3 aliphatic heterocycles. The number of hydrogen-bond donors (Lipinski definition) is 1. The van der Waals surface area contributed by atoms with E-state index in [9.17, 15) is 19.2 Å². The number of amides is 3. The number of carbonyl (C=O) groups is 4. The molecule has 3 amide bonds. The molecule has 3 heterocycles. The van der Waals surface area contributed by atoms with Gasteiger partial charge in [-0.2, -0.15) is 5.01 Å². The molecule has 0 saturated carbocycles. The Kier molecular flexibility index (Phi) is 3.84. The van der Waals surface area contributed by atoms with Gasteiger partial charge in [0, 0.05) is 5.56 Å². The molecule has 0 radical (unpaired) electrons. The van der Waals surface area contributed by atoms with Crippen LogP contribution in [0.5, 0.6) is 0 Å². The van der Waals surface area contributed by atoms with Crippen LogP contribution in [0, 0.1) is 11.8 Å². The molecule has 8 nitrogen and oxygen atoms in total. The molecule has 4 rings (SSSR count). The zero-order valence-electron chi connectivity index (χ0n) is 13.9. The number of carbonyl (C=O) groups excluding carboxylic acids is 4. The Hall–Kier alpha value is -3.00. The van der Waals surface area contributed by atoms with Crippen LogP contribution in [0.2, 0.25) is 0 Å². The summed E-state index contributed by atoms with van der Waals surface area (Å²) in [6, 6.07) is 5.77. The Morgan fingerprint density at radius 1 is 1.04 bits per heavy atom. The molecule has 26 heavy (non-hydrogen) atoms. The van der Waals surface area contributed by atoms with Crippen molar-refractivity contribution in [3.05, 3.63) is 47.5 Å². The van der Waals surface area contributed by atoms with Gasteiger partial charge in [-0.25, -0.2) is 4.79 Å². The molecular formula is C18H16N2O6. The predicted octanol–water partition coefficient (Wildman–Crippen LogP) is 0.446. The van der Waals surface area contributed by atoms with Gasteiger partial charge >= 0.3 is 5.97 Å². The zero-order valence-corrected chi connectivity index (χ0v) is 13.9. The maximum absolute atomic E-state index is 12.5. The van der Waals surface area contributed by atoms with Crippen LogP contribution in [0.15, 0.2) is 36.4 Å². The SMILES string of the molecule is CCOC(=O)c1ccc(C(=O)NN2C(=O)[C@@H]3[C@H](C2=O)[C@@H]2C=C[C@@H]3O2)cc1. The first-order valence-electron chi connectivity index (χ1n) is 8.31. The summed E-state index contributed by atoms with van der Waals surface area (Å²) in [5.74, 6) is -3.18. The second-order valence-electron chi connectivity index (χ2n) is 6.25. The molecule has 1 N–H and O–H groups in total. The smallest absolute Gasteiger partial charge is 0.338 e. The summed E-state index contributed by atoms with van der Waals surface area (Å²) < 4.78 is 10.4. The molecule has 0 aromatic heterocycles. The number of esters is 1. The Morgan fingerprint density at radius 3 is 2.12 bits per heavy atom. The molecule has 1 aromatic carbocycles. The van der Waals surface area contributed by atoms with E-state index in [0.717, 1.165) is 5.01 Å². The molecule has 3 aliphatic rings. The Morgan fingerprint density at radius 2 is 1.58 bits per heavy atom. The maximum Gasteiger partial charge on any atom is 0.338 e. The molecular weight excluding hydrogens is 340 g/mol. The Labute approximate surface area is 148 Å². The summed E-state index contributed by atoms with van der Waals surface area (Å²) in [5.41, 5.74) is 2.89. The van der Waals surface area contributed by atoms with Crippen LogP contribution >= 0.6 is 0 Å². The number of nitrogens with one attached hydrogen (secondary N) is 1. The van der Waals surface area contributed by atoms with Crippen LogP contribution in [0.4, 0.5) is 0 Å². The van der Waals surface area contributed by atoms with Gasteiger partial charge in [0.1, 0.15) is 0 Å². The monoisotopic (exact) mass is 356 g/mol. The van der Waals surface area contributed by atoms with Crippen molar-refractivity contribution in [2.45, 2.75) is 19.1 Å². The van der Waals surface area contributed by atoms with E-state index in [0.29, 0.717) is 5.56 Å². The number of imide groups is 1. The normalized spacial score (nSPS) is 28.4. The van der Waals surface area contributed by atoms with Crippen molar-refractivity contribution in [3.63, 3.8) is 0 Å². The molecule has 2 saturated heterocycles. The molecule has 2 fully saturated rings. The van der Waals surface area contributed by atoms with Crippen LogP contribution in [0.25, 0.3) is 0 Å². The number of fused-ring (bicyclic) bond motifs is 5. The molecule has 8 heteroatoms. The van der Waals surface area contributed by atoms with E-state index in [1.807, 2.05) is 0 Å². The van der Waals surface area contributed by atoms with Crippen molar-refractivity contribution >= 4 is 23.7 Å². The van der Waals surface area contributed by atoms with E-state index in [1.54, 1.807) is 19.1 Å². The first-order chi connectivity index (χ1) is 12.5. The van der Waals surface area contributed by atoms with E-state index >= 15 is 0 Å². The van der Waals surface area contributed by atoms with Crippen molar-refractivity contribution in [2.24, 2.45) is 11.8 Å². The summed E-state index contributed by atoms with van der Waals surface area (Å²) in [4.78, 5) is 49.0. The quantitative estimate of drug-likeness (QED) is 0.477. The predicted molar refractivity (Wildman–Crippen MR) is 86.5 cm³/mol. The summed E-state index contributed by atoms with van der Waals surface area (Å²) in [5, 5.41) is 0.784. The fourth-order valence-electron chi connectivity index (χ4n) is 3.55. The highest BCUT2D eigenvalue weighted by Crippen LogP contribution is 2.44. The van der Waals surface area contributed by atoms with Gasteiger partial charge in [-0.05, 0) is 31.2 Å². The van der Waals surface area contributed by atoms with Crippen molar-refractivity contribution in [1.82, 2.24) is 10.4 Å². The fourth-order valence-corrected chi connectivity index (χ4v) is 3.55. The minimum Gasteiger partial charge on any atom is -0.462 e. The largest absolute Gasteiger partial charge is 0.462 e. The van der Waals surface area contributed by atoms with Crippen LogP contribution in [0.3, 0.4) is 0 Å². The molecule has 4 atom stereocenters. The summed E-state index contributed by atoms with van der Waals surface area (Å²) >= 11 is 0. The highest BCUT2D eigenvalue weighted by atomic mass is 16.5. The second-order valence-corrected chi connectivity index (χ2v) is 6.25. The average molecular weight is 356 g/mol. The summed E-state index contributed by atoms with van der Waals surface area (Å²) in [6.07, 6.45) is 2.73. The maximum atomic E-state index is 12.5. The highest BCUT2D eigenvalue weighted by molar-refractivity contribution is 6.09. The topological polar surface area (TPSA) is 102 Å². The third-order valence-corrected chi connectivity index (χ3v) is 4.78. The van der Waals surface area contributed by atoms with E-state index < -0.39 is 47.7 Å². The number of nitrogens with zero attached hydrogens (tertiary/aromatic N) is 1. The first kappa shape index (κ1) is 16.5. The molecule has 0 aliphatic carbocycles. The van der Waals surface area contributed by atoms with Crippen LogP contribution in [-0.4, -0.2) is 47.5 Å². The minimum absolute atomic E-state index is 0.216. The number of ether oxygens (including phenoxy) is 2. The molecule has 1 aromatic rings. The lowest BCUT2D eigenvalue weighted by Crippen LogP contribution is -2.47. The number of rotatable bonds is 4. The molecule has 0 spiro atoms. The number of hydrazine groups is 1. The minimum atomic E-state index is -0.608. The number of benzene rings is 1. The standard InChI is InChI=1S/C18H16N2O6/c1-2-25-18(24)10-5-3-9(4-6-10)15(21)19-20-16(22)13-11-7-8-12(26-11)14(13)17(20)23/h3-8,11-14H,2H2,1H3,(H,19,21)/t11-,12-,13-,14+/m0/s1. The molecule has 134 valence electrons. The van der Waals surface area contributed by atoms with Crippen molar-refractivity contribution < 1.29 is 28.7 Å². The lowest BCUT2D eigenvalue weighted by molar-refractivity contribution is -0.145. The van der Waals surface area contributed by atoms with Gasteiger partial charge in [-0.3, -0.25) is 19.8 Å². The number of hydrogen-bond acceptors (Lipinski definition) is 6. The van der Waals surface area contributed by atoms with E-state index in [1.165, 1.54) is 24.3 Å². The van der Waals surface area contributed by atoms with E-state index in [2.05, 4.69) is 5.43 Å². The Balaban J connectivity index is 1.46. The lowest BCUT2D eigenvalue weighted by atomic mass is 9.85. The van der Waals surface area contributed by atoms with Gasteiger partial charge in [-0.15, -0.1) is 0 Å². The third-order valence-electron chi connectivity index (χ3n) is 4.78. The van der Waals surface area contributed by atoms with Crippen molar-refractivity contribution in [2.75, 3.05) is 6.61 Å². The molecule has 2 bridgehead atoms.